The molecule has 0 aliphatic carbocycles. The van der Waals surface area contributed by atoms with Crippen molar-refractivity contribution < 1.29 is 4.74 Å². The van der Waals surface area contributed by atoms with Gasteiger partial charge in [-0.25, -0.2) is 0 Å². The van der Waals surface area contributed by atoms with Crippen molar-refractivity contribution in [3.05, 3.63) is 125 Å². The summed E-state index contributed by atoms with van der Waals surface area (Å²) < 4.78 is 9.25. The average molecular weight is 552 g/mol. The predicted molar refractivity (Wildman–Crippen MR) is 160 cm³/mol. The van der Waals surface area contributed by atoms with Gasteiger partial charge in [-0.2, -0.15) is 10.1 Å². The van der Waals surface area contributed by atoms with Crippen molar-refractivity contribution in [3.63, 3.8) is 0 Å². The van der Waals surface area contributed by atoms with Crippen LogP contribution in [-0.4, -0.2) is 44.4 Å². The van der Waals surface area contributed by atoms with E-state index >= 15 is 0 Å². The minimum Gasteiger partial charge on any atom is -0.468 e. The molecule has 204 valence electrons. The maximum absolute atomic E-state index is 6.37. The molecule has 3 heterocycles. The summed E-state index contributed by atoms with van der Waals surface area (Å²) in [7, 11) is 3.55. The molecule has 0 N–H and O–H groups in total. The zero-order valence-corrected chi connectivity index (χ0v) is 23.8. The van der Waals surface area contributed by atoms with Gasteiger partial charge in [0.1, 0.15) is 0 Å². The number of imidazole rings is 1. The van der Waals surface area contributed by atoms with Crippen LogP contribution in [0, 0.1) is 0 Å². The number of benzene rings is 3. The van der Waals surface area contributed by atoms with Crippen LogP contribution in [0.1, 0.15) is 35.2 Å². The first kappa shape index (κ1) is 26.4. The topological polar surface area (TPSA) is 48.1 Å². The van der Waals surface area contributed by atoms with Crippen LogP contribution in [0.2, 0.25) is 5.02 Å². The highest BCUT2D eigenvalue weighted by atomic mass is 35.5. The first-order chi connectivity index (χ1) is 19.5. The molecule has 0 bridgehead atoms. The molecule has 6 rings (SSSR count). The van der Waals surface area contributed by atoms with E-state index in [-0.39, 0.29) is 5.41 Å². The van der Waals surface area contributed by atoms with Crippen LogP contribution >= 0.6 is 11.6 Å². The quantitative estimate of drug-likeness (QED) is 0.219. The van der Waals surface area contributed by atoms with Crippen LogP contribution in [0.15, 0.2) is 97.3 Å². The number of methoxy groups -OCH3 is 1. The Morgan fingerprint density at radius 1 is 0.875 bits per heavy atom. The van der Waals surface area contributed by atoms with E-state index in [9.17, 15) is 0 Å². The van der Waals surface area contributed by atoms with Gasteiger partial charge in [0.05, 0.1) is 25.0 Å². The molecular weight excluding hydrogens is 518 g/mol. The second kappa shape index (κ2) is 11.3. The Hall–Kier alpha value is -3.87. The number of halogens is 1. The summed E-state index contributed by atoms with van der Waals surface area (Å²) in [4.78, 5) is 7.16. The number of rotatable bonds is 8. The number of likely N-dealkylation sites (tertiary alicyclic amines) is 1. The zero-order valence-electron chi connectivity index (χ0n) is 23.0. The Bertz CT molecular complexity index is 1530. The number of ether oxygens (including phenoxy) is 1. The highest BCUT2D eigenvalue weighted by Gasteiger charge is 2.37. The van der Waals surface area contributed by atoms with Crippen molar-refractivity contribution in [3.8, 4) is 17.3 Å². The summed E-state index contributed by atoms with van der Waals surface area (Å²) in [6, 6.07) is 30.6. The number of nitrogens with zero attached hydrogens (tertiary/aromatic N) is 5. The van der Waals surface area contributed by atoms with E-state index in [0.29, 0.717) is 17.6 Å². The van der Waals surface area contributed by atoms with E-state index in [1.807, 2.05) is 34.6 Å². The fourth-order valence-corrected chi connectivity index (χ4v) is 6.20. The molecule has 0 amide bonds. The van der Waals surface area contributed by atoms with E-state index in [1.54, 1.807) is 7.11 Å². The molecule has 1 aliphatic heterocycles. The molecule has 0 atom stereocenters. The standard InChI is InChI=1S/C33H34ClN5O/c1-37-24-31(35-32(37)40-2)30-21-28(34)14-13-25(30)22-39-18-15-29(36-39)23-38-19-16-33(17-20-38,26-9-5-3-6-10-26)27-11-7-4-8-12-27/h3-15,18,21,24H,16-17,19-20,22-23H2,1-2H3. The van der Waals surface area contributed by atoms with E-state index in [0.717, 1.165) is 55.0 Å². The minimum atomic E-state index is 0.0531. The van der Waals surface area contributed by atoms with Gasteiger partial charge in [-0.3, -0.25) is 9.58 Å². The van der Waals surface area contributed by atoms with Crippen LogP contribution in [0.5, 0.6) is 6.01 Å². The molecule has 0 spiro atoms. The molecule has 1 aliphatic rings. The summed E-state index contributed by atoms with van der Waals surface area (Å²) in [5.74, 6) is 0. The summed E-state index contributed by atoms with van der Waals surface area (Å²) in [6.07, 6.45) is 6.20. The molecule has 3 aromatic carbocycles. The van der Waals surface area contributed by atoms with Crippen molar-refractivity contribution >= 4 is 11.6 Å². The van der Waals surface area contributed by atoms with E-state index in [2.05, 4.69) is 88.9 Å². The van der Waals surface area contributed by atoms with Crippen molar-refractivity contribution in [2.75, 3.05) is 20.2 Å². The molecule has 2 aromatic heterocycles. The predicted octanol–water partition coefficient (Wildman–Crippen LogP) is 6.58. The molecule has 7 heteroatoms. The second-order valence-electron chi connectivity index (χ2n) is 10.6. The number of aryl methyl sites for hydroxylation is 1. The molecular formula is C33H34ClN5O. The molecule has 1 saturated heterocycles. The first-order valence-corrected chi connectivity index (χ1v) is 14.1. The summed E-state index contributed by atoms with van der Waals surface area (Å²) >= 11 is 6.37. The van der Waals surface area contributed by atoms with E-state index < -0.39 is 0 Å². The van der Waals surface area contributed by atoms with Crippen LogP contribution in [-0.2, 0) is 25.6 Å². The van der Waals surface area contributed by atoms with Crippen molar-refractivity contribution in [1.29, 1.82) is 0 Å². The van der Waals surface area contributed by atoms with Gasteiger partial charge < -0.3 is 9.30 Å². The monoisotopic (exact) mass is 551 g/mol. The lowest BCUT2D eigenvalue weighted by Crippen LogP contribution is -2.43. The maximum atomic E-state index is 6.37. The van der Waals surface area contributed by atoms with E-state index in [4.69, 9.17) is 21.4 Å². The first-order valence-electron chi connectivity index (χ1n) is 13.8. The zero-order chi connectivity index (χ0) is 27.5. The second-order valence-corrected chi connectivity index (χ2v) is 11.1. The number of piperidine rings is 1. The molecule has 6 nitrogen and oxygen atoms in total. The smallest absolute Gasteiger partial charge is 0.296 e. The lowest BCUT2D eigenvalue weighted by molar-refractivity contribution is 0.170. The van der Waals surface area contributed by atoms with Gasteiger partial charge >= 0.3 is 0 Å². The van der Waals surface area contributed by atoms with Gasteiger partial charge in [0.15, 0.2) is 0 Å². The van der Waals surface area contributed by atoms with Crippen molar-refractivity contribution in [2.45, 2.75) is 31.3 Å². The van der Waals surface area contributed by atoms with Gasteiger partial charge in [-0.05, 0) is 60.8 Å². The van der Waals surface area contributed by atoms with Crippen LogP contribution < -0.4 is 4.74 Å². The third-order valence-electron chi connectivity index (χ3n) is 8.14. The molecule has 0 saturated carbocycles. The van der Waals surface area contributed by atoms with Crippen molar-refractivity contribution in [2.24, 2.45) is 7.05 Å². The largest absolute Gasteiger partial charge is 0.468 e. The van der Waals surface area contributed by atoms with Gasteiger partial charge in [-0.15, -0.1) is 0 Å². The normalized spacial score (nSPS) is 15.3. The Balaban J connectivity index is 1.16. The Labute approximate surface area is 240 Å². The van der Waals surface area contributed by atoms with Crippen molar-refractivity contribution in [1.82, 2.24) is 24.2 Å². The van der Waals surface area contributed by atoms with Crippen LogP contribution in [0.4, 0.5) is 0 Å². The maximum Gasteiger partial charge on any atom is 0.296 e. The van der Waals surface area contributed by atoms with Gasteiger partial charge in [0.2, 0.25) is 0 Å². The van der Waals surface area contributed by atoms with Gasteiger partial charge in [0.25, 0.3) is 6.01 Å². The van der Waals surface area contributed by atoms with Gasteiger partial charge in [-0.1, -0.05) is 78.3 Å². The Morgan fingerprint density at radius 3 is 2.17 bits per heavy atom. The molecule has 1 fully saturated rings. The SMILES string of the molecule is COc1nc(-c2cc(Cl)ccc2Cn2ccc(CN3CCC(c4ccccc4)(c4ccccc4)CC3)n2)cn1C. The molecule has 5 aromatic rings. The molecule has 0 radical (unpaired) electrons. The van der Waals surface area contributed by atoms with Gasteiger partial charge in [0, 0.05) is 42.0 Å². The molecule has 0 unspecified atom stereocenters. The fraction of sp³-hybridized carbons (Fsp3) is 0.273. The minimum absolute atomic E-state index is 0.0531. The highest BCUT2D eigenvalue weighted by molar-refractivity contribution is 6.30. The third-order valence-corrected chi connectivity index (χ3v) is 8.38. The number of aromatic nitrogens is 4. The van der Waals surface area contributed by atoms with Crippen LogP contribution in [0.25, 0.3) is 11.3 Å². The Kier molecular flexibility index (Phi) is 7.46. The fourth-order valence-electron chi connectivity index (χ4n) is 6.02. The number of hydrogen-bond donors (Lipinski definition) is 0. The summed E-state index contributed by atoms with van der Waals surface area (Å²) in [6.45, 7) is 3.53. The number of hydrogen-bond acceptors (Lipinski definition) is 4. The molecule has 40 heavy (non-hydrogen) atoms. The lowest BCUT2D eigenvalue weighted by Gasteiger charge is -2.42. The average Bonchev–Trinajstić information content (AvgIpc) is 3.60. The lowest BCUT2D eigenvalue weighted by atomic mass is 9.68. The third kappa shape index (κ3) is 5.29. The summed E-state index contributed by atoms with van der Waals surface area (Å²) in [5, 5.41) is 5.62. The highest BCUT2D eigenvalue weighted by Crippen LogP contribution is 2.41. The Morgan fingerprint density at radius 2 is 1.55 bits per heavy atom. The summed E-state index contributed by atoms with van der Waals surface area (Å²) in [5.41, 5.74) is 6.88. The van der Waals surface area contributed by atoms with E-state index in [1.165, 1.54) is 11.1 Å². The van der Waals surface area contributed by atoms with Crippen LogP contribution in [0.3, 0.4) is 0 Å².